The molecule has 4 rings (SSSR count). The highest BCUT2D eigenvalue weighted by Crippen LogP contribution is 2.41. The van der Waals surface area contributed by atoms with E-state index in [9.17, 15) is 15.0 Å². The highest BCUT2D eigenvalue weighted by molar-refractivity contribution is 7.10. The molecule has 0 unspecified atom stereocenters. The zero-order chi connectivity index (χ0) is 24.1. The van der Waals surface area contributed by atoms with Crippen LogP contribution in [0.1, 0.15) is 42.4 Å². The largest absolute Gasteiger partial charge is 0.497 e. The molecule has 3 heterocycles. The zero-order valence-electron chi connectivity index (χ0n) is 18.8. The first kappa shape index (κ1) is 24.4. The number of carboxylic acids is 1. The Bertz CT molecular complexity index is 1210. The maximum atomic E-state index is 12.3. The van der Waals surface area contributed by atoms with Gasteiger partial charge in [0.15, 0.2) is 5.01 Å². The molecule has 178 valence electrons. The lowest BCUT2D eigenvalue weighted by atomic mass is 9.74. The molecular formula is C25H26ClN3O4S. The predicted octanol–water partition coefficient (Wildman–Crippen LogP) is 4.39. The molecule has 0 amide bonds. The molecule has 34 heavy (non-hydrogen) atoms. The number of aliphatic carboxylic acids is 1. The Balaban J connectivity index is 1.43. The van der Waals surface area contributed by atoms with E-state index in [1.807, 2.05) is 11.4 Å². The Morgan fingerprint density at radius 3 is 2.82 bits per heavy atom. The van der Waals surface area contributed by atoms with Gasteiger partial charge in [0.05, 0.1) is 35.7 Å². The van der Waals surface area contributed by atoms with Crippen LogP contribution in [0.2, 0.25) is 5.02 Å². The number of aliphatic hydroxyl groups is 1. The smallest absolute Gasteiger partial charge is 0.309 e. The first-order chi connectivity index (χ1) is 16.4. The van der Waals surface area contributed by atoms with Crippen molar-refractivity contribution in [2.75, 3.05) is 26.7 Å². The number of hydrogen-bond acceptors (Lipinski definition) is 7. The number of ether oxygens (including phenoxy) is 1. The standard InChI is InChI=1S/C25H26ClN3O4S/c1-33-17-4-5-20-18(15-17)23(19(26)16-28-20)21(30)6-7-25(24(31)32)8-12-29(13-9-25)11-2-3-22-27-10-14-34-22/h4-5,10,14-16,21,30H,6-9,11-13H2,1H3,(H,31,32)/t21-/m1/s1. The van der Waals surface area contributed by atoms with Gasteiger partial charge in [-0.15, -0.1) is 11.3 Å². The molecule has 1 aliphatic rings. The second kappa shape index (κ2) is 10.7. The van der Waals surface area contributed by atoms with Crippen LogP contribution in [0, 0.1) is 17.3 Å². The summed E-state index contributed by atoms with van der Waals surface area (Å²) in [5, 5.41) is 24.9. The molecule has 1 atom stereocenters. The molecule has 0 spiro atoms. The van der Waals surface area contributed by atoms with E-state index in [1.165, 1.54) is 17.5 Å². The third-order valence-electron chi connectivity index (χ3n) is 6.49. The van der Waals surface area contributed by atoms with Crippen molar-refractivity contribution in [3.8, 4) is 17.6 Å². The van der Waals surface area contributed by atoms with Crippen LogP contribution in [-0.2, 0) is 4.79 Å². The number of piperidine rings is 1. The van der Waals surface area contributed by atoms with Crippen LogP contribution in [0.25, 0.3) is 10.9 Å². The molecule has 0 radical (unpaired) electrons. The summed E-state index contributed by atoms with van der Waals surface area (Å²) in [7, 11) is 1.57. The van der Waals surface area contributed by atoms with Crippen LogP contribution in [0.15, 0.2) is 36.0 Å². The van der Waals surface area contributed by atoms with Crippen molar-refractivity contribution < 1.29 is 19.7 Å². The van der Waals surface area contributed by atoms with Crippen LogP contribution in [-0.4, -0.2) is 57.8 Å². The summed E-state index contributed by atoms with van der Waals surface area (Å²) >= 11 is 7.91. The second-order valence-corrected chi connectivity index (χ2v) is 9.76. The lowest BCUT2D eigenvalue weighted by molar-refractivity contribution is -0.153. The summed E-state index contributed by atoms with van der Waals surface area (Å²) in [4.78, 5) is 22.9. The van der Waals surface area contributed by atoms with E-state index in [0.717, 1.165) is 5.01 Å². The van der Waals surface area contributed by atoms with Crippen molar-refractivity contribution in [1.82, 2.24) is 14.9 Å². The first-order valence-corrected chi connectivity index (χ1v) is 12.3. The van der Waals surface area contributed by atoms with E-state index < -0.39 is 17.5 Å². The number of fused-ring (bicyclic) bond motifs is 1. The highest BCUT2D eigenvalue weighted by atomic mass is 35.5. The van der Waals surface area contributed by atoms with E-state index in [0.29, 0.717) is 66.1 Å². The quantitative estimate of drug-likeness (QED) is 0.465. The van der Waals surface area contributed by atoms with Crippen LogP contribution in [0.4, 0.5) is 0 Å². The number of likely N-dealkylation sites (tertiary alicyclic amines) is 1. The van der Waals surface area contributed by atoms with Gasteiger partial charge in [0.25, 0.3) is 0 Å². The summed E-state index contributed by atoms with van der Waals surface area (Å²) in [6.07, 6.45) is 3.98. The number of methoxy groups -OCH3 is 1. The van der Waals surface area contributed by atoms with Crippen LogP contribution in [0.5, 0.6) is 5.75 Å². The monoisotopic (exact) mass is 499 g/mol. The fourth-order valence-electron chi connectivity index (χ4n) is 4.41. The SMILES string of the molecule is COc1ccc2ncc(Cl)c([C@H](O)CCC3(C(=O)O)CCN(CC#Cc4nccs4)CC3)c2c1. The average molecular weight is 500 g/mol. The van der Waals surface area contributed by atoms with Gasteiger partial charge < -0.3 is 14.9 Å². The topological polar surface area (TPSA) is 95.8 Å². The van der Waals surface area contributed by atoms with Crippen molar-refractivity contribution >= 4 is 39.8 Å². The van der Waals surface area contributed by atoms with Gasteiger partial charge in [-0.05, 0) is 49.8 Å². The molecule has 1 fully saturated rings. The average Bonchev–Trinajstić information content (AvgIpc) is 3.36. The minimum Gasteiger partial charge on any atom is -0.497 e. The molecule has 1 aromatic carbocycles. The molecule has 0 bridgehead atoms. The van der Waals surface area contributed by atoms with Crippen molar-refractivity contribution in [3.63, 3.8) is 0 Å². The molecule has 1 aliphatic heterocycles. The Hall–Kier alpha value is -2.70. The number of thiazole rings is 1. The molecule has 2 aromatic heterocycles. The maximum absolute atomic E-state index is 12.3. The molecule has 9 heteroatoms. The number of carbonyl (C=O) groups is 1. The van der Waals surface area contributed by atoms with Gasteiger partial charge in [0.1, 0.15) is 5.75 Å². The molecule has 3 aromatic rings. The van der Waals surface area contributed by atoms with E-state index in [4.69, 9.17) is 16.3 Å². The van der Waals surface area contributed by atoms with Gasteiger partial charge in [-0.3, -0.25) is 14.7 Å². The zero-order valence-corrected chi connectivity index (χ0v) is 20.4. The molecule has 7 nitrogen and oxygen atoms in total. The number of pyridine rings is 1. The van der Waals surface area contributed by atoms with E-state index in [2.05, 4.69) is 26.7 Å². The van der Waals surface area contributed by atoms with Gasteiger partial charge in [0.2, 0.25) is 0 Å². The number of benzene rings is 1. The molecule has 1 saturated heterocycles. The van der Waals surface area contributed by atoms with E-state index >= 15 is 0 Å². The number of carboxylic acid groups (broad SMARTS) is 1. The van der Waals surface area contributed by atoms with Gasteiger partial charge >= 0.3 is 5.97 Å². The summed E-state index contributed by atoms with van der Waals surface area (Å²) in [6.45, 7) is 1.87. The number of halogens is 1. The molecule has 2 N–H and O–H groups in total. The fourth-order valence-corrected chi connectivity index (χ4v) is 5.19. The minimum absolute atomic E-state index is 0.284. The van der Waals surface area contributed by atoms with Crippen molar-refractivity contribution in [2.45, 2.75) is 31.8 Å². The number of hydrogen-bond donors (Lipinski definition) is 2. The third-order valence-corrected chi connectivity index (χ3v) is 7.48. The Kier molecular flexibility index (Phi) is 7.69. The summed E-state index contributed by atoms with van der Waals surface area (Å²) in [6, 6.07) is 5.41. The lowest BCUT2D eigenvalue weighted by Crippen LogP contribution is -2.44. The molecule has 0 aliphatic carbocycles. The van der Waals surface area contributed by atoms with E-state index in [-0.39, 0.29) is 6.42 Å². The van der Waals surface area contributed by atoms with Gasteiger partial charge in [-0.1, -0.05) is 17.5 Å². The second-order valence-electron chi connectivity index (χ2n) is 8.46. The molecular weight excluding hydrogens is 474 g/mol. The Morgan fingerprint density at radius 1 is 1.35 bits per heavy atom. The number of rotatable bonds is 7. The highest BCUT2D eigenvalue weighted by Gasteiger charge is 2.41. The first-order valence-electron chi connectivity index (χ1n) is 11.1. The number of aromatic nitrogens is 2. The fraction of sp³-hybridized carbons (Fsp3) is 0.400. The van der Waals surface area contributed by atoms with Crippen molar-refractivity contribution in [3.05, 3.63) is 51.6 Å². The number of nitrogens with zero attached hydrogens (tertiary/aromatic N) is 3. The van der Waals surface area contributed by atoms with Crippen molar-refractivity contribution in [1.29, 1.82) is 0 Å². The third kappa shape index (κ3) is 5.34. The van der Waals surface area contributed by atoms with Gasteiger partial charge in [-0.2, -0.15) is 0 Å². The van der Waals surface area contributed by atoms with Crippen LogP contribution >= 0.6 is 22.9 Å². The van der Waals surface area contributed by atoms with Gasteiger partial charge in [0, 0.05) is 41.8 Å². The minimum atomic E-state index is -0.913. The number of aliphatic hydroxyl groups excluding tert-OH is 1. The summed E-state index contributed by atoms with van der Waals surface area (Å²) in [5.74, 6) is 5.98. The summed E-state index contributed by atoms with van der Waals surface area (Å²) < 4.78 is 5.31. The lowest BCUT2D eigenvalue weighted by Gasteiger charge is -2.38. The Labute approximate surface area is 207 Å². The Morgan fingerprint density at radius 2 is 2.15 bits per heavy atom. The molecule has 0 saturated carbocycles. The van der Waals surface area contributed by atoms with Gasteiger partial charge in [-0.25, -0.2) is 4.98 Å². The van der Waals surface area contributed by atoms with Crippen LogP contribution < -0.4 is 4.74 Å². The van der Waals surface area contributed by atoms with Crippen LogP contribution in [0.3, 0.4) is 0 Å². The summed E-state index contributed by atoms with van der Waals surface area (Å²) in [5.41, 5.74) is 0.369. The van der Waals surface area contributed by atoms with Crippen molar-refractivity contribution in [2.24, 2.45) is 5.41 Å². The normalized spacial score (nSPS) is 16.6. The predicted molar refractivity (Wildman–Crippen MR) is 132 cm³/mol. The van der Waals surface area contributed by atoms with E-state index in [1.54, 1.807) is 25.4 Å². The maximum Gasteiger partial charge on any atom is 0.309 e.